The van der Waals surface area contributed by atoms with Crippen LogP contribution < -0.4 is 0 Å². The second kappa shape index (κ2) is 6.21. The number of hydrogen-bond donors (Lipinski definition) is 1. The van der Waals surface area contributed by atoms with Gasteiger partial charge in [-0.15, -0.1) is 0 Å². The summed E-state index contributed by atoms with van der Waals surface area (Å²) in [6, 6.07) is 0. The number of aliphatic hydroxyl groups excluding tert-OH is 1. The van der Waals surface area contributed by atoms with Gasteiger partial charge in [0.2, 0.25) is 0 Å². The van der Waals surface area contributed by atoms with Crippen molar-refractivity contribution in [1.82, 2.24) is 0 Å². The normalized spacial score (nSPS) is 18.6. The van der Waals surface area contributed by atoms with Crippen molar-refractivity contribution in [3.63, 3.8) is 0 Å². The number of aliphatic hydroxyl groups is 1. The van der Waals surface area contributed by atoms with E-state index in [0.717, 1.165) is 19.3 Å². The summed E-state index contributed by atoms with van der Waals surface area (Å²) >= 11 is 3.28. The summed E-state index contributed by atoms with van der Waals surface area (Å²) in [5.41, 5.74) is -0.245. The first-order chi connectivity index (χ1) is 6.72. The first-order valence-electron chi connectivity index (χ1n) is 5.66. The summed E-state index contributed by atoms with van der Waals surface area (Å²) in [5.74, 6) is 0. The maximum Gasteiger partial charge on any atom is 0.0660 e. The third-order valence-electron chi connectivity index (χ3n) is 2.48. The Bertz CT molecular complexity index is 177. The van der Waals surface area contributed by atoms with E-state index in [1.807, 2.05) is 0 Å². The van der Waals surface area contributed by atoms with Crippen molar-refractivity contribution in [3.05, 3.63) is 0 Å². The van der Waals surface area contributed by atoms with Gasteiger partial charge in [-0.25, -0.2) is 0 Å². The van der Waals surface area contributed by atoms with Gasteiger partial charge in [0.15, 0.2) is 0 Å². The lowest BCUT2D eigenvalue weighted by Crippen LogP contribution is -2.37. The van der Waals surface area contributed by atoms with E-state index in [1.165, 1.54) is 0 Å². The van der Waals surface area contributed by atoms with Crippen LogP contribution in [0, 0.1) is 0 Å². The van der Waals surface area contributed by atoms with Crippen LogP contribution in [0.1, 0.15) is 53.9 Å². The van der Waals surface area contributed by atoms with Crippen LogP contribution in [0.3, 0.4) is 0 Å². The zero-order chi connectivity index (χ0) is 12.1. The molecule has 0 amide bonds. The van der Waals surface area contributed by atoms with Crippen molar-refractivity contribution in [3.8, 4) is 0 Å². The molecule has 0 fully saturated rings. The van der Waals surface area contributed by atoms with E-state index in [2.05, 4.69) is 50.5 Å². The lowest BCUT2D eigenvalue weighted by molar-refractivity contribution is -0.131. The van der Waals surface area contributed by atoms with Crippen LogP contribution in [0.15, 0.2) is 0 Å². The lowest BCUT2D eigenvalue weighted by atomic mass is 9.94. The van der Waals surface area contributed by atoms with Crippen LogP contribution in [0.25, 0.3) is 0 Å². The molecule has 3 heteroatoms. The Labute approximate surface area is 103 Å². The fourth-order valence-electron chi connectivity index (χ4n) is 1.59. The molecule has 0 radical (unpaired) electrons. The van der Waals surface area contributed by atoms with Crippen LogP contribution in [-0.2, 0) is 4.74 Å². The van der Waals surface area contributed by atoms with E-state index >= 15 is 0 Å². The molecule has 0 spiro atoms. The van der Waals surface area contributed by atoms with E-state index < -0.39 is 0 Å². The molecule has 0 saturated carbocycles. The Kier molecular flexibility index (Phi) is 6.38. The van der Waals surface area contributed by atoms with Crippen molar-refractivity contribution < 1.29 is 9.84 Å². The Morgan fingerprint density at radius 2 is 1.80 bits per heavy atom. The second-order valence-corrected chi connectivity index (χ2v) is 6.01. The highest BCUT2D eigenvalue weighted by atomic mass is 79.9. The van der Waals surface area contributed by atoms with Crippen LogP contribution in [0.4, 0.5) is 0 Å². The molecule has 1 unspecified atom stereocenters. The number of halogens is 1. The van der Waals surface area contributed by atoms with Gasteiger partial charge < -0.3 is 9.84 Å². The Hall–Kier alpha value is 0.400. The molecule has 0 bridgehead atoms. The molecule has 0 aromatic heterocycles. The van der Waals surface area contributed by atoms with E-state index in [9.17, 15) is 5.11 Å². The smallest absolute Gasteiger partial charge is 0.0660 e. The highest BCUT2D eigenvalue weighted by molar-refractivity contribution is 9.09. The van der Waals surface area contributed by atoms with E-state index in [0.29, 0.717) is 5.33 Å². The number of hydrogen-bond acceptors (Lipinski definition) is 2. The maximum absolute atomic E-state index is 9.51. The quantitative estimate of drug-likeness (QED) is 0.755. The molecule has 0 rings (SSSR count). The van der Waals surface area contributed by atoms with Gasteiger partial charge in [0.1, 0.15) is 0 Å². The Morgan fingerprint density at radius 3 is 2.13 bits per heavy atom. The number of alkyl halides is 1. The van der Waals surface area contributed by atoms with Crippen LogP contribution >= 0.6 is 15.9 Å². The zero-order valence-corrected chi connectivity index (χ0v) is 12.2. The monoisotopic (exact) mass is 280 g/mol. The topological polar surface area (TPSA) is 29.5 Å². The first kappa shape index (κ1) is 15.4. The summed E-state index contributed by atoms with van der Waals surface area (Å²) in [6.45, 7) is 10.5. The molecule has 92 valence electrons. The summed E-state index contributed by atoms with van der Waals surface area (Å²) in [4.78, 5) is 0. The van der Waals surface area contributed by atoms with Gasteiger partial charge in [0.25, 0.3) is 0 Å². The van der Waals surface area contributed by atoms with E-state index in [4.69, 9.17) is 4.74 Å². The predicted molar refractivity (Wildman–Crippen MR) is 68.6 cm³/mol. The van der Waals surface area contributed by atoms with Gasteiger partial charge in [-0.05, 0) is 47.0 Å². The van der Waals surface area contributed by atoms with Crippen molar-refractivity contribution in [2.45, 2.75) is 71.2 Å². The van der Waals surface area contributed by atoms with Crippen molar-refractivity contribution in [2.75, 3.05) is 5.33 Å². The molecule has 15 heavy (non-hydrogen) atoms. The van der Waals surface area contributed by atoms with Gasteiger partial charge in [0, 0.05) is 5.33 Å². The van der Waals surface area contributed by atoms with E-state index in [1.54, 1.807) is 0 Å². The molecule has 0 aliphatic heterocycles. The fraction of sp³-hybridized carbons (Fsp3) is 1.00. The molecule has 0 saturated heterocycles. The summed E-state index contributed by atoms with van der Waals surface area (Å²) in [5, 5.41) is 10.2. The number of rotatable bonds is 6. The summed E-state index contributed by atoms with van der Waals surface area (Å²) in [6.07, 6.45) is 2.39. The van der Waals surface area contributed by atoms with Gasteiger partial charge in [-0.3, -0.25) is 0 Å². The van der Waals surface area contributed by atoms with Gasteiger partial charge >= 0.3 is 0 Å². The average Bonchev–Trinajstić information content (AvgIpc) is 2.11. The van der Waals surface area contributed by atoms with Crippen molar-refractivity contribution in [1.29, 1.82) is 0 Å². The molecule has 0 aromatic rings. The zero-order valence-electron chi connectivity index (χ0n) is 10.6. The third-order valence-corrected chi connectivity index (χ3v) is 3.23. The fourth-order valence-corrected chi connectivity index (χ4v) is 1.91. The van der Waals surface area contributed by atoms with Gasteiger partial charge in [-0.2, -0.15) is 0 Å². The Morgan fingerprint density at radius 1 is 1.27 bits per heavy atom. The van der Waals surface area contributed by atoms with Crippen LogP contribution in [0.2, 0.25) is 0 Å². The van der Waals surface area contributed by atoms with E-state index in [-0.39, 0.29) is 17.3 Å². The highest BCUT2D eigenvalue weighted by Gasteiger charge is 2.29. The minimum absolute atomic E-state index is 0.121. The molecule has 1 N–H and O–H groups in total. The summed E-state index contributed by atoms with van der Waals surface area (Å²) < 4.78 is 6.04. The molecular formula is C12H25BrO2. The molecule has 0 aliphatic rings. The summed E-state index contributed by atoms with van der Waals surface area (Å²) in [7, 11) is 0. The van der Waals surface area contributed by atoms with Gasteiger partial charge in [0.05, 0.1) is 17.3 Å². The number of ether oxygens (including phenoxy) is 1. The molecular weight excluding hydrogens is 256 g/mol. The van der Waals surface area contributed by atoms with Crippen molar-refractivity contribution >= 4 is 15.9 Å². The van der Waals surface area contributed by atoms with Crippen LogP contribution in [0.5, 0.6) is 0 Å². The van der Waals surface area contributed by atoms with Gasteiger partial charge in [-0.1, -0.05) is 22.9 Å². The molecule has 2 atom stereocenters. The second-order valence-electron chi connectivity index (χ2n) is 5.36. The lowest BCUT2D eigenvalue weighted by Gasteiger charge is -2.36. The molecule has 0 aromatic carbocycles. The largest absolute Gasteiger partial charge is 0.392 e. The predicted octanol–water partition coefficient (Wildman–Crippen LogP) is 3.51. The molecule has 0 heterocycles. The first-order valence-corrected chi connectivity index (χ1v) is 6.79. The Balaban J connectivity index is 4.19. The average molecular weight is 281 g/mol. The standard InChI is InChI=1S/C12H25BrO2/c1-6-12(5,15-11(2,3)4)8-7-10(14)9-13/h10,14H,6-9H2,1-5H3/t10-,12?/m0/s1. The van der Waals surface area contributed by atoms with Crippen molar-refractivity contribution in [2.24, 2.45) is 0 Å². The minimum Gasteiger partial charge on any atom is -0.392 e. The highest BCUT2D eigenvalue weighted by Crippen LogP contribution is 2.28. The maximum atomic E-state index is 9.51. The molecule has 2 nitrogen and oxygen atoms in total. The van der Waals surface area contributed by atoms with Crippen LogP contribution in [-0.4, -0.2) is 27.7 Å². The third kappa shape index (κ3) is 7.31. The SMILES string of the molecule is CCC(C)(CC[C@H](O)CBr)OC(C)(C)C. The molecule has 0 aliphatic carbocycles. The minimum atomic E-state index is -0.264.